The van der Waals surface area contributed by atoms with E-state index < -0.39 is 11.6 Å². The minimum Gasteiger partial charge on any atom is -0.409 e. The van der Waals surface area contributed by atoms with Crippen molar-refractivity contribution in [2.75, 3.05) is 0 Å². The van der Waals surface area contributed by atoms with Gasteiger partial charge in [-0.1, -0.05) is 11.2 Å². The number of pyridine rings is 1. The lowest BCUT2D eigenvalue weighted by molar-refractivity contribution is 0.318. The van der Waals surface area contributed by atoms with E-state index in [1.165, 1.54) is 24.0 Å². The van der Waals surface area contributed by atoms with E-state index in [-0.39, 0.29) is 5.84 Å². The molecule has 0 bridgehead atoms. The van der Waals surface area contributed by atoms with Crippen LogP contribution in [0.5, 0.6) is 0 Å². The Kier molecular flexibility index (Phi) is 4.52. The van der Waals surface area contributed by atoms with E-state index in [4.69, 9.17) is 10.9 Å². The third kappa shape index (κ3) is 3.24. The van der Waals surface area contributed by atoms with Gasteiger partial charge < -0.3 is 10.9 Å². The smallest absolute Gasteiger partial charge is 0.189 e. The Morgan fingerprint density at radius 3 is 2.80 bits per heavy atom. The number of nitrogens with zero attached hydrogens (tertiary/aromatic N) is 2. The molecule has 0 aliphatic heterocycles. The number of thioether (sulfide) groups is 1. The normalized spacial score (nSPS) is 11.6. The van der Waals surface area contributed by atoms with E-state index in [0.29, 0.717) is 16.3 Å². The molecule has 0 fully saturated rings. The molecule has 20 heavy (non-hydrogen) atoms. The fourth-order valence-corrected chi connectivity index (χ4v) is 2.47. The van der Waals surface area contributed by atoms with Crippen LogP contribution in [0.4, 0.5) is 8.78 Å². The van der Waals surface area contributed by atoms with E-state index in [1.54, 1.807) is 12.1 Å². The van der Waals surface area contributed by atoms with Crippen LogP contribution in [0.2, 0.25) is 0 Å². The van der Waals surface area contributed by atoms with Gasteiger partial charge in [-0.15, -0.1) is 11.8 Å². The Morgan fingerprint density at radius 1 is 1.30 bits per heavy atom. The van der Waals surface area contributed by atoms with Crippen molar-refractivity contribution in [3.63, 3.8) is 0 Å². The Morgan fingerprint density at radius 2 is 2.10 bits per heavy atom. The first kappa shape index (κ1) is 14.3. The van der Waals surface area contributed by atoms with Gasteiger partial charge in [-0.2, -0.15) is 0 Å². The van der Waals surface area contributed by atoms with Gasteiger partial charge in [0, 0.05) is 16.8 Å². The van der Waals surface area contributed by atoms with Crippen LogP contribution in [0.1, 0.15) is 11.3 Å². The Labute approximate surface area is 118 Å². The summed E-state index contributed by atoms with van der Waals surface area (Å²) < 4.78 is 25.9. The quantitative estimate of drug-likeness (QED) is 0.299. The topological polar surface area (TPSA) is 71.5 Å². The number of rotatable bonds is 4. The summed E-state index contributed by atoms with van der Waals surface area (Å²) in [7, 11) is 0. The maximum Gasteiger partial charge on any atom is 0.189 e. The molecular weight excluding hydrogens is 284 g/mol. The molecule has 104 valence electrons. The standard InChI is InChI=1S/C13H11F2N3OS/c14-10-4-3-9(6-11(10)15)20-7-8-2-1-5-17-12(8)13(16)18-19/h1-6,19H,7H2,(H2,16,18). The fourth-order valence-electron chi connectivity index (χ4n) is 1.56. The Bertz CT molecular complexity index is 649. The first-order valence-electron chi connectivity index (χ1n) is 5.61. The summed E-state index contributed by atoms with van der Waals surface area (Å²) in [4.78, 5) is 4.61. The predicted octanol–water partition coefficient (Wildman–Crippen LogP) is 2.75. The van der Waals surface area contributed by atoms with E-state index >= 15 is 0 Å². The fraction of sp³-hybridized carbons (Fsp3) is 0.0769. The summed E-state index contributed by atoms with van der Waals surface area (Å²) in [5, 5.41) is 11.6. The summed E-state index contributed by atoms with van der Waals surface area (Å²) in [6, 6.07) is 7.18. The zero-order valence-corrected chi connectivity index (χ0v) is 11.1. The zero-order valence-electron chi connectivity index (χ0n) is 10.3. The van der Waals surface area contributed by atoms with Crippen LogP contribution in [0.25, 0.3) is 0 Å². The Balaban J connectivity index is 2.17. The van der Waals surface area contributed by atoms with Crippen molar-refractivity contribution in [3.8, 4) is 0 Å². The van der Waals surface area contributed by atoms with Crippen LogP contribution < -0.4 is 5.73 Å². The molecule has 3 N–H and O–H groups in total. The first-order valence-corrected chi connectivity index (χ1v) is 6.60. The molecule has 4 nitrogen and oxygen atoms in total. The molecule has 1 heterocycles. The highest BCUT2D eigenvalue weighted by Gasteiger charge is 2.09. The Hall–Kier alpha value is -2.15. The van der Waals surface area contributed by atoms with Crippen molar-refractivity contribution in [1.29, 1.82) is 0 Å². The second-order valence-corrected chi connectivity index (χ2v) is 4.91. The molecule has 1 aromatic heterocycles. The van der Waals surface area contributed by atoms with Crippen molar-refractivity contribution in [2.24, 2.45) is 10.9 Å². The SMILES string of the molecule is NC(=NO)c1ncccc1CSc1ccc(F)c(F)c1. The van der Waals surface area contributed by atoms with Gasteiger partial charge in [0.1, 0.15) is 5.69 Å². The summed E-state index contributed by atoms with van der Waals surface area (Å²) >= 11 is 1.30. The number of aromatic nitrogens is 1. The molecule has 0 atom stereocenters. The molecule has 0 saturated carbocycles. The van der Waals surface area contributed by atoms with Gasteiger partial charge in [0.05, 0.1) is 0 Å². The van der Waals surface area contributed by atoms with Crippen LogP contribution in [-0.4, -0.2) is 16.0 Å². The molecular formula is C13H11F2N3OS. The van der Waals surface area contributed by atoms with E-state index in [1.807, 2.05) is 0 Å². The highest BCUT2D eigenvalue weighted by molar-refractivity contribution is 7.98. The van der Waals surface area contributed by atoms with Crippen molar-refractivity contribution >= 4 is 17.6 Å². The molecule has 0 radical (unpaired) electrons. The maximum absolute atomic E-state index is 13.1. The lowest BCUT2D eigenvalue weighted by Gasteiger charge is -2.07. The molecule has 0 amide bonds. The second-order valence-electron chi connectivity index (χ2n) is 3.86. The number of hydrogen-bond acceptors (Lipinski definition) is 4. The second kappa shape index (κ2) is 6.33. The minimum atomic E-state index is -0.891. The van der Waals surface area contributed by atoms with Gasteiger partial charge >= 0.3 is 0 Å². The van der Waals surface area contributed by atoms with Gasteiger partial charge in [-0.05, 0) is 29.8 Å². The third-order valence-electron chi connectivity index (χ3n) is 2.53. The molecule has 0 spiro atoms. The molecule has 0 aliphatic rings. The van der Waals surface area contributed by atoms with Gasteiger partial charge in [0.25, 0.3) is 0 Å². The van der Waals surface area contributed by atoms with Crippen molar-refractivity contribution < 1.29 is 14.0 Å². The maximum atomic E-state index is 13.1. The van der Waals surface area contributed by atoms with Crippen molar-refractivity contribution in [3.05, 3.63) is 59.4 Å². The lowest BCUT2D eigenvalue weighted by atomic mass is 10.2. The first-order chi connectivity index (χ1) is 9.61. The van der Waals surface area contributed by atoms with E-state index in [0.717, 1.165) is 17.7 Å². The van der Waals surface area contributed by atoms with Crippen LogP contribution in [0.15, 0.2) is 46.6 Å². The number of oxime groups is 1. The molecule has 0 aliphatic carbocycles. The van der Waals surface area contributed by atoms with E-state index in [2.05, 4.69) is 10.1 Å². The summed E-state index contributed by atoms with van der Waals surface area (Å²) in [5.41, 5.74) is 6.63. The summed E-state index contributed by atoms with van der Waals surface area (Å²) in [5.74, 6) is -1.43. The lowest BCUT2D eigenvalue weighted by Crippen LogP contribution is -2.17. The van der Waals surface area contributed by atoms with Gasteiger partial charge in [-0.3, -0.25) is 4.98 Å². The van der Waals surface area contributed by atoms with Gasteiger partial charge in [0.2, 0.25) is 0 Å². The number of nitrogens with two attached hydrogens (primary N) is 1. The van der Waals surface area contributed by atoms with Crippen LogP contribution >= 0.6 is 11.8 Å². The molecule has 0 unspecified atom stereocenters. The van der Waals surface area contributed by atoms with E-state index in [9.17, 15) is 8.78 Å². The molecule has 7 heteroatoms. The van der Waals surface area contributed by atoms with Gasteiger partial charge in [-0.25, -0.2) is 8.78 Å². The van der Waals surface area contributed by atoms with Gasteiger partial charge in [0.15, 0.2) is 17.5 Å². The van der Waals surface area contributed by atoms with Crippen molar-refractivity contribution in [1.82, 2.24) is 4.98 Å². The monoisotopic (exact) mass is 295 g/mol. The molecule has 2 rings (SSSR count). The molecule has 2 aromatic rings. The van der Waals surface area contributed by atoms with Crippen molar-refractivity contribution in [2.45, 2.75) is 10.6 Å². The number of benzene rings is 1. The third-order valence-corrected chi connectivity index (χ3v) is 3.57. The average Bonchev–Trinajstić information content (AvgIpc) is 2.48. The summed E-state index contributed by atoms with van der Waals surface area (Å²) in [6.07, 6.45) is 1.53. The number of halogens is 2. The summed E-state index contributed by atoms with van der Waals surface area (Å²) in [6.45, 7) is 0. The number of amidine groups is 1. The van der Waals surface area contributed by atoms with Crippen LogP contribution in [0, 0.1) is 11.6 Å². The molecule has 1 aromatic carbocycles. The van der Waals surface area contributed by atoms with Crippen LogP contribution in [-0.2, 0) is 5.75 Å². The highest BCUT2D eigenvalue weighted by atomic mass is 32.2. The molecule has 0 saturated heterocycles. The average molecular weight is 295 g/mol. The van der Waals surface area contributed by atoms with Crippen LogP contribution in [0.3, 0.4) is 0 Å². The minimum absolute atomic E-state index is 0.0912. The largest absolute Gasteiger partial charge is 0.409 e. The highest BCUT2D eigenvalue weighted by Crippen LogP contribution is 2.25. The number of hydrogen-bond donors (Lipinski definition) is 2. The predicted molar refractivity (Wildman–Crippen MR) is 72.7 cm³/mol. The zero-order chi connectivity index (χ0) is 14.5.